The number of rotatable bonds is 2. The van der Waals surface area contributed by atoms with E-state index in [1.54, 1.807) is 0 Å². The average molecular weight is 371 g/mol. The number of nitro groups is 1. The molecular formula is C15H15F2N3O4S. The SMILES string of the molecule is O=C(O)NC1=N[C@@]2(c3cc([N+](=O)[O-])ccc3F)CC[C@H](F)C[C@H]2CS1. The molecule has 3 rings (SSSR count). The Morgan fingerprint density at radius 2 is 2.28 bits per heavy atom. The molecule has 134 valence electrons. The van der Waals surface area contributed by atoms with Crippen molar-refractivity contribution < 1.29 is 23.6 Å². The fourth-order valence-corrected chi connectivity index (χ4v) is 4.64. The molecule has 0 saturated heterocycles. The highest BCUT2D eigenvalue weighted by atomic mass is 32.2. The number of halogens is 2. The molecule has 1 saturated carbocycles. The molecule has 0 bridgehead atoms. The third-order valence-corrected chi connectivity index (χ3v) is 5.65. The van der Waals surface area contributed by atoms with Crippen LogP contribution in [0.25, 0.3) is 0 Å². The van der Waals surface area contributed by atoms with Gasteiger partial charge in [-0.1, -0.05) is 11.8 Å². The monoisotopic (exact) mass is 371 g/mol. The molecule has 1 fully saturated rings. The first-order valence-electron chi connectivity index (χ1n) is 7.63. The van der Waals surface area contributed by atoms with Crippen LogP contribution in [0.4, 0.5) is 19.3 Å². The fourth-order valence-electron chi connectivity index (χ4n) is 3.48. The standard InChI is InChI=1S/C15H15F2N3O4S/c16-9-3-4-15(11-6-10(20(23)24)1-2-12(11)17)8(5-9)7-25-13(19-15)18-14(21)22/h1-2,6,8-9H,3-5,7H2,(H,18,19)(H,21,22)/t8-,9-,15-/m0/s1. The van der Waals surface area contributed by atoms with Crippen LogP contribution < -0.4 is 5.32 Å². The van der Waals surface area contributed by atoms with Crippen LogP contribution in [0.3, 0.4) is 0 Å². The topological polar surface area (TPSA) is 105 Å². The van der Waals surface area contributed by atoms with E-state index in [-0.39, 0.29) is 41.6 Å². The second-order valence-electron chi connectivity index (χ2n) is 6.07. The number of hydrogen-bond acceptors (Lipinski definition) is 5. The lowest BCUT2D eigenvalue weighted by Gasteiger charge is -2.45. The molecule has 0 radical (unpaired) electrons. The Labute approximate surface area is 145 Å². The summed E-state index contributed by atoms with van der Waals surface area (Å²) in [6, 6.07) is 3.18. The van der Waals surface area contributed by atoms with Gasteiger partial charge in [0, 0.05) is 29.4 Å². The van der Waals surface area contributed by atoms with Crippen molar-refractivity contribution in [1.29, 1.82) is 0 Å². The number of nitro benzene ring substituents is 1. The summed E-state index contributed by atoms with van der Waals surface area (Å²) < 4.78 is 28.4. The zero-order valence-electron chi connectivity index (χ0n) is 12.9. The Morgan fingerprint density at radius 3 is 2.96 bits per heavy atom. The molecule has 1 aromatic carbocycles. The molecule has 2 aliphatic rings. The molecule has 3 atom stereocenters. The first-order chi connectivity index (χ1) is 11.8. The Bertz CT molecular complexity index is 760. The molecule has 1 aliphatic carbocycles. The average Bonchev–Trinajstić information content (AvgIpc) is 2.54. The molecule has 1 aromatic rings. The highest BCUT2D eigenvalue weighted by Gasteiger charge is 2.49. The maximum Gasteiger partial charge on any atom is 0.410 e. The molecule has 1 aliphatic heterocycles. The summed E-state index contributed by atoms with van der Waals surface area (Å²) in [7, 11) is 0. The summed E-state index contributed by atoms with van der Waals surface area (Å²) in [5, 5.41) is 22.2. The maximum atomic E-state index is 14.5. The van der Waals surface area contributed by atoms with Gasteiger partial charge in [-0.15, -0.1) is 0 Å². The van der Waals surface area contributed by atoms with Crippen LogP contribution in [-0.4, -0.2) is 33.2 Å². The number of amidine groups is 1. The fraction of sp³-hybridized carbons (Fsp3) is 0.467. The Hall–Kier alpha value is -2.23. The van der Waals surface area contributed by atoms with Crippen molar-refractivity contribution in [3.8, 4) is 0 Å². The zero-order valence-corrected chi connectivity index (χ0v) is 13.8. The lowest BCUT2D eigenvalue weighted by molar-refractivity contribution is -0.385. The van der Waals surface area contributed by atoms with Gasteiger partial charge >= 0.3 is 6.09 Å². The van der Waals surface area contributed by atoms with Crippen LogP contribution in [0.5, 0.6) is 0 Å². The highest BCUT2D eigenvalue weighted by molar-refractivity contribution is 8.13. The number of alkyl halides is 1. The van der Waals surface area contributed by atoms with Crippen molar-refractivity contribution in [2.45, 2.75) is 31.0 Å². The summed E-state index contributed by atoms with van der Waals surface area (Å²) in [5.41, 5.74) is -1.47. The van der Waals surface area contributed by atoms with Gasteiger partial charge in [0.1, 0.15) is 12.0 Å². The summed E-state index contributed by atoms with van der Waals surface area (Å²) >= 11 is 1.12. The van der Waals surface area contributed by atoms with E-state index in [2.05, 4.69) is 10.3 Å². The minimum absolute atomic E-state index is 0.0172. The summed E-state index contributed by atoms with van der Waals surface area (Å²) in [6.07, 6.45) is -1.92. The predicted octanol–water partition coefficient (Wildman–Crippen LogP) is 3.44. The second kappa shape index (κ2) is 6.58. The maximum absolute atomic E-state index is 14.5. The van der Waals surface area contributed by atoms with Gasteiger partial charge in [0.2, 0.25) is 0 Å². The van der Waals surface area contributed by atoms with Crippen LogP contribution in [-0.2, 0) is 5.54 Å². The number of nitrogens with zero attached hydrogens (tertiary/aromatic N) is 2. The van der Waals surface area contributed by atoms with Crippen molar-refractivity contribution in [3.05, 3.63) is 39.7 Å². The molecule has 0 aromatic heterocycles. The van der Waals surface area contributed by atoms with Crippen molar-refractivity contribution in [2.24, 2.45) is 10.9 Å². The van der Waals surface area contributed by atoms with Crippen molar-refractivity contribution >= 4 is 28.7 Å². The first kappa shape index (κ1) is 17.6. The third kappa shape index (κ3) is 3.30. The van der Waals surface area contributed by atoms with E-state index in [4.69, 9.17) is 5.11 Å². The zero-order chi connectivity index (χ0) is 18.2. The van der Waals surface area contributed by atoms with E-state index in [0.717, 1.165) is 30.0 Å². The molecule has 7 nitrogen and oxygen atoms in total. The van der Waals surface area contributed by atoms with Gasteiger partial charge in [-0.2, -0.15) is 0 Å². The number of aliphatic imine (C=N–C) groups is 1. The molecule has 25 heavy (non-hydrogen) atoms. The number of carboxylic acid groups (broad SMARTS) is 1. The molecule has 0 spiro atoms. The molecule has 0 unspecified atom stereocenters. The number of nitrogens with one attached hydrogen (secondary N) is 1. The number of fused-ring (bicyclic) bond motifs is 1. The van der Waals surface area contributed by atoms with Gasteiger partial charge in [-0.3, -0.25) is 20.4 Å². The number of non-ortho nitro benzene ring substituents is 1. The minimum atomic E-state index is -1.31. The number of hydrogen-bond donors (Lipinski definition) is 2. The lowest BCUT2D eigenvalue weighted by atomic mass is 9.69. The third-order valence-electron chi connectivity index (χ3n) is 4.62. The smallest absolute Gasteiger partial charge is 0.410 e. The summed E-state index contributed by atoms with van der Waals surface area (Å²) in [5.74, 6) is -0.697. The van der Waals surface area contributed by atoms with Gasteiger partial charge in [0.25, 0.3) is 5.69 Å². The first-order valence-corrected chi connectivity index (χ1v) is 8.61. The van der Waals surface area contributed by atoms with Crippen LogP contribution >= 0.6 is 11.8 Å². The van der Waals surface area contributed by atoms with Gasteiger partial charge in [-0.05, 0) is 25.3 Å². The summed E-state index contributed by atoms with van der Waals surface area (Å²) in [4.78, 5) is 25.7. The number of benzene rings is 1. The van der Waals surface area contributed by atoms with E-state index in [1.807, 2.05) is 0 Å². The number of thioether (sulfide) groups is 1. The van der Waals surface area contributed by atoms with E-state index >= 15 is 0 Å². The second-order valence-corrected chi connectivity index (χ2v) is 7.08. The number of carbonyl (C=O) groups is 1. The van der Waals surface area contributed by atoms with Crippen LogP contribution in [0.1, 0.15) is 24.8 Å². The Morgan fingerprint density at radius 1 is 1.52 bits per heavy atom. The van der Waals surface area contributed by atoms with Gasteiger partial charge in [0.15, 0.2) is 5.17 Å². The van der Waals surface area contributed by atoms with E-state index in [1.165, 1.54) is 0 Å². The lowest BCUT2D eigenvalue weighted by Crippen LogP contribution is -2.46. The summed E-state index contributed by atoms with van der Waals surface area (Å²) in [6.45, 7) is 0. The predicted molar refractivity (Wildman–Crippen MR) is 88.0 cm³/mol. The number of amides is 1. The molecule has 1 amide bonds. The Balaban J connectivity index is 2.13. The largest absolute Gasteiger partial charge is 0.465 e. The van der Waals surface area contributed by atoms with Crippen LogP contribution in [0.15, 0.2) is 23.2 Å². The molecule has 1 heterocycles. The molecule has 10 heteroatoms. The van der Waals surface area contributed by atoms with Crippen LogP contribution in [0, 0.1) is 21.8 Å². The normalized spacial score (nSPS) is 28.6. The quantitative estimate of drug-likeness (QED) is 0.612. The minimum Gasteiger partial charge on any atom is -0.465 e. The highest BCUT2D eigenvalue weighted by Crippen LogP contribution is 2.50. The molecule has 2 N–H and O–H groups in total. The van der Waals surface area contributed by atoms with E-state index in [0.29, 0.717) is 5.75 Å². The van der Waals surface area contributed by atoms with Crippen molar-refractivity contribution in [1.82, 2.24) is 5.32 Å². The Kier molecular flexibility index (Phi) is 4.63. The van der Waals surface area contributed by atoms with Gasteiger partial charge in [-0.25, -0.2) is 13.6 Å². The van der Waals surface area contributed by atoms with Gasteiger partial charge < -0.3 is 5.11 Å². The van der Waals surface area contributed by atoms with Gasteiger partial charge in [0.05, 0.1) is 10.5 Å². The van der Waals surface area contributed by atoms with Crippen molar-refractivity contribution in [2.75, 3.05) is 5.75 Å². The van der Waals surface area contributed by atoms with Crippen LogP contribution in [0.2, 0.25) is 0 Å². The van der Waals surface area contributed by atoms with E-state index in [9.17, 15) is 23.7 Å². The van der Waals surface area contributed by atoms with E-state index < -0.39 is 28.5 Å². The molecular weight excluding hydrogens is 356 g/mol. The van der Waals surface area contributed by atoms with Crippen molar-refractivity contribution in [3.63, 3.8) is 0 Å².